The molecule has 0 saturated carbocycles. The molecule has 1 aromatic carbocycles. The largest absolute Gasteiger partial charge is 0.459 e. The topological polar surface area (TPSA) is 39.2 Å². The van der Waals surface area contributed by atoms with E-state index < -0.39 is 0 Å². The van der Waals surface area contributed by atoms with E-state index in [1.54, 1.807) is 6.07 Å². The van der Waals surface area contributed by atoms with Gasteiger partial charge in [0.15, 0.2) is 0 Å². The molecular formula is C15H18FNO. The lowest BCUT2D eigenvalue weighted by atomic mass is 10.0. The lowest BCUT2D eigenvalue weighted by molar-refractivity contribution is 0.467. The molecule has 0 radical (unpaired) electrons. The average Bonchev–Trinajstić information content (AvgIpc) is 2.67. The Morgan fingerprint density at radius 1 is 1.50 bits per heavy atom. The van der Waals surface area contributed by atoms with Gasteiger partial charge in [-0.15, -0.1) is 6.58 Å². The normalized spacial score (nSPS) is 12.8. The number of hydrogen-bond donors (Lipinski definition) is 1. The Labute approximate surface area is 106 Å². The molecule has 2 rings (SSSR count). The predicted molar refractivity (Wildman–Crippen MR) is 71.9 cm³/mol. The molecule has 2 aromatic rings. The quantitative estimate of drug-likeness (QED) is 0.634. The van der Waals surface area contributed by atoms with Gasteiger partial charge in [-0.2, -0.15) is 0 Å². The van der Waals surface area contributed by atoms with Crippen molar-refractivity contribution in [1.82, 2.24) is 0 Å². The zero-order chi connectivity index (χ0) is 13.1. The van der Waals surface area contributed by atoms with Crippen LogP contribution in [0.3, 0.4) is 0 Å². The highest BCUT2D eigenvalue weighted by Crippen LogP contribution is 2.30. The van der Waals surface area contributed by atoms with Gasteiger partial charge in [0.2, 0.25) is 0 Å². The molecule has 0 amide bonds. The summed E-state index contributed by atoms with van der Waals surface area (Å²) in [4.78, 5) is 0. The van der Waals surface area contributed by atoms with E-state index >= 15 is 0 Å². The number of fused-ring (bicyclic) bond motifs is 1. The van der Waals surface area contributed by atoms with E-state index in [0.29, 0.717) is 5.58 Å². The summed E-state index contributed by atoms with van der Waals surface area (Å²) in [5, 5.41) is 0.809. The molecule has 96 valence electrons. The Morgan fingerprint density at radius 2 is 2.28 bits per heavy atom. The van der Waals surface area contributed by atoms with Crippen LogP contribution in [0.2, 0.25) is 0 Å². The number of furan rings is 1. The van der Waals surface area contributed by atoms with Crippen molar-refractivity contribution in [1.29, 1.82) is 0 Å². The van der Waals surface area contributed by atoms with E-state index in [2.05, 4.69) is 6.58 Å². The number of halogens is 1. The Hall–Kier alpha value is -1.61. The average molecular weight is 247 g/mol. The van der Waals surface area contributed by atoms with Gasteiger partial charge >= 0.3 is 0 Å². The molecule has 0 fully saturated rings. The third-order valence-corrected chi connectivity index (χ3v) is 3.20. The van der Waals surface area contributed by atoms with Gasteiger partial charge in [0.25, 0.3) is 0 Å². The molecule has 0 saturated heterocycles. The first-order valence-electron chi connectivity index (χ1n) is 6.18. The van der Waals surface area contributed by atoms with Crippen LogP contribution in [0.15, 0.2) is 35.3 Å². The molecule has 3 heteroatoms. The molecule has 18 heavy (non-hydrogen) atoms. The van der Waals surface area contributed by atoms with Gasteiger partial charge in [-0.25, -0.2) is 4.39 Å². The van der Waals surface area contributed by atoms with Gasteiger partial charge in [-0.1, -0.05) is 6.08 Å². The van der Waals surface area contributed by atoms with E-state index in [1.165, 1.54) is 12.1 Å². The SMILES string of the molecule is C=CCCCC(N)c1oc2ccc(F)cc2c1C. The number of rotatable bonds is 5. The Balaban J connectivity index is 2.27. The minimum atomic E-state index is -0.252. The monoisotopic (exact) mass is 247 g/mol. The molecule has 1 atom stereocenters. The maximum atomic E-state index is 13.2. The van der Waals surface area contributed by atoms with Crippen LogP contribution in [-0.2, 0) is 0 Å². The molecule has 1 unspecified atom stereocenters. The van der Waals surface area contributed by atoms with Crippen molar-refractivity contribution in [3.05, 3.63) is 48.0 Å². The fourth-order valence-corrected chi connectivity index (χ4v) is 2.18. The van der Waals surface area contributed by atoms with Crippen LogP contribution >= 0.6 is 0 Å². The van der Waals surface area contributed by atoms with Gasteiger partial charge in [0.05, 0.1) is 6.04 Å². The minimum absolute atomic E-state index is 0.139. The number of allylic oxidation sites excluding steroid dienone is 1. The number of hydrogen-bond acceptors (Lipinski definition) is 2. The summed E-state index contributed by atoms with van der Waals surface area (Å²) in [7, 11) is 0. The lowest BCUT2D eigenvalue weighted by Crippen LogP contribution is -2.10. The van der Waals surface area contributed by atoms with Crippen molar-refractivity contribution in [2.75, 3.05) is 0 Å². The van der Waals surface area contributed by atoms with Gasteiger partial charge in [-0.3, -0.25) is 0 Å². The summed E-state index contributed by atoms with van der Waals surface area (Å²) in [6.07, 6.45) is 4.65. The molecular weight excluding hydrogens is 229 g/mol. The fraction of sp³-hybridized carbons (Fsp3) is 0.333. The summed E-state index contributed by atoms with van der Waals surface area (Å²) in [6, 6.07) is 4.41. The van der Waals surface area contributed by atoms with E-state index in [0.717, 1.165) is 36.0 Å². The third kappa shape index (κ3) is 2.46. The first kappa shape index (κ1) is 12.8. The van der Waals surface area contributed by atoms with Crippen molar-refractivity contribution >= 4 is 11.0 Å². The van der Waals surface area contributed by atoms with Crippen LogP contribution in [0.25, 0.3) is 11.0 Å². The van der Waals surface area contributed by atoms with Crippen LogP contribution < -0.4 is 5.73 Å². The van der Waals surface area contributed by atoms with E-state index in [9.17, 15) is 4.39 Å². The van der Waals surface area contributed by atoms with Crippen LogP contribution in [0.5, 0.6) is 0 Å². The first-order chi connectivity index (χ1) is 8.63. The van der Waals surface area contributed by atoms with Crippen molar-refractivity contribution in [2.24, 2.45) is 5.73 Å². The van der Waals surface area contributed by atoms with E-state index in [1.807, 2.05) is 13.0 Å². The zero-order valence-electron chi connectivity index (χ0n) is 10.6. The van der Waals surface area contributed by atoms with Gasteiger partial charge in [0, 0.05) is 10.9 Å². The standard InChI is InChI=1S/C15H18FNO/c1-3-4-5-6-13(17)15-10(2)12-9-11(16)7-8-14(12)18-15/h3,7-9,13H,1,4-6,17H2,2H3. The fourth-order valence-electron chi connectivity index (χ4n) is 2.18. The van der Waals surface area contributed by atoms with Crippen LogP contribution in [0, 0.1) is 12.7 Å². The second-order valence-electron chi connectivity index (χ2n) is 4.56. The molecule has 1 aromatic heterocycles. The maximum absolute atomic E-state index is 13.2. The molecule has 1 heterocycles. The number of unbranched alkanes of at least 4 members (excludes halogenated alkanes) is 1. The molecule has 0 aliphatic carbocycles. The van der Waals surface area contributed by atoms with E-state index in [4.69, 9.17) is 10.2 Å². The van der Waals surface area contributed by atoms with Crippen LogP contribution in [0.1, 0.15) is 36.6 Å². The van der Waals surface area contributed by atoms with Crippen molar-refractivity contribution < 1.29 is 8.81 Å². The second kappa shape index (κ2) is 5.36. The summed E-state index contributed by atoms with van der Waals surface area (Å²) in [5.74, 6) is 0.512. The number of benzene rings is 1. The van der Waals surface area contributed by atoms with Gasteiger partial charge < -0.3 is 10.2 Å². The Morgan fingerprint density at radius 3 is 3.00 bits per heavy atom. The number of nitrogens with two attached hydrogens (primary N) is 1. The predicted octanol–water partition coefficient (Wildman–Crippen LogP) is 4.24. The summed E-state index contributed by atoms with van der Waals surface area (Å²) in [5.41, 5.74) is 7.75. The van der Waals surface area contributed by atoms with Crippen molar-refractivity contribution in [3.8, 4) is 0 Å². The molecule has 0 bridgehead atoms. The van der Waals surface area contributed by atoms with Crippen LogP contribution in [0.4, 0.5) is 4.39 Å². The molecule has 0 aliphatic heterocycles. The Bertz CT molecular complexity index is 559. The third-order valence-electron chi connectivity index (χ3n) is 3.20. The van der Waals surface area contributed by atoms with Gasteiger partial charge in [0.1, 0.15) is 17.2 Å². The number of aryl methyl sites for hydroxylation is 1. The van der Waals surface area contributed by atoms with E-state index in [-0.39, 0.29) is 11.9 Å². The highest BCUT2D eigenvalue weighted by atomic mass is 19.1. The first-order valence-corrected chi connectivity index (χ1v) is 6.18. The molecule has 0 aliphatic rings. The smallest absolute Gasteiger partial charge is 0.134 e. The zero-order valence-corrected chi connectivity index (χ0v) is 10.6. The Kier molecular flexibility index (Phi) is 3.82. The molecule has 2 nitrogen and oxygen atoms in total. The second-order valence-corrected chi connectivity index (χ2v) is 4.56. The maximum Gasteiger partial charge on any atom is 0.134 e. The lowest BCUT2D eigenvalue weighted by Gasteiger charge is -2.08. The minimum Gasteiger partial charge on any atom is -0.459 e. The summed E-state index contributed by atoms with van der Waals surface area (Å²) < 4.78 is 18.9. The summed E-state index contributed by atoms with van der Waals surface area (Å²) >= 11 is 0. The van der Waals surface area contributed by atoms with Crippen molar-refractivity contribution in [2.45, 2.75) is 32.2 Å². The van der Waals surface area contributed by atoms with Crippen LogP contribution in [-0.4, -0.2) is 0 Å². The highest BCUT2D eigenvalue weighted by Gasteiger charge is 2.16. The molecule has 2 N–H and O–H groups in total. The van der Waals surface area contributed by atoms with Gasteiger partial charge in [-0.05, 0) is 44.4 Å². The molecule has 0 spiro atoms. The summed E-state index contributed by atoms with van der Waals surface area (Å²) in [6.45, 7) is 5.61. The van der Waals surface area contributed by atoms with Crippen molar-refractivity contribution in [3.63, 3.8) is 0 Å². The highest BCUT2D eigenvalue weighted by molar-refractivity contribution is 5.82.